The van der Waals surface area contributed by atoms with Crippen molar-refractivity contribution in [3.8, 4) is 11.5 Å². The lowest BCUT2D eigenvalue weighted by molar-refractivity contribution is 0.146. The van der Waals surface area contributed by atoms with Crippen molar-refractivity contribution in [1.29, 1.82) is 0 Å². The van der Waals surface area contributed by atoms with E-state index in [1.807, 2.05) is 30.4 Å². The normalized spacial score (nSPS) is 12.2. The van der Waals surface area contributed by atoms with Gasteiger partial charge in [0.15, 0.2) is 11.5 Å². The first-order valence-corrected chi connectivity index (χ1v) is 8.66. The standard InChI is InChI=1S/C21H32O3/c1-17(2)8-6-9-18(3)13-15-24-14-7-10-19-11-12-20(22-4)21(16-19)23-5/h7-8,10-12,16,18H,6,9,13-15H2,1-5H3. The van der Waals surface area contributed by atoms with Gasteiger partial charge in [-0.15, -0.1) is 0 Å². The van der Waals surface area contributed by atoms with Crippen molar-refractivity contribution < 1.29 is 14.2 Å². The average Bonchev–Trinajstić information content (AvgIpc) is 2.57. The Morgan fingerprint density at radius 3 is 2.50 bits per heavy atom. The van der Waals surface area contributed by atoms with Crippen LogP contribution in [0.4, 0.5) is 0 Å². The number of methoxy groups -OCH3 is 2. The summed E-state index contributed by atoms with van der Waals surface area (Å²) < 4.78 is 16.2. The van der Waals surface area contributed by atoms with Crippen LogP contribution in [-0.2, 0) is 4.74 Å². The van der Waals surface area contributed by atoms with Gasteiger partial charge in [0.2, 0.25) is 0 Å². The fourth-order valence-corrected chi connectivity index (χ4v) is 2.38. The molecule has 0 bridgehead atoms. The molecule has 0 saturated carbocycles. The van der Waals surface area contributed by atoms with E-state index in [4.69, 9.17) is 14.2 Å². The predicted octanol–water partition coefficient (Wildman–Crippen LogP) is 5.51. The first kappa shape index (κ1) is 20.3. The summed E-state index contributed by atoms with van der Waals surface area (Å²) in [6, 6.07) is 5.87. The van der Waals surface area contributed by atoms with Gasteiger partial charge in [-0.1, -0.05) is 36.8 Å². The maximum Gasteiger partial charge on any atom is 0.161 e. The van der Waals surface area contributed by atoms with Crippen molar-refractivity contribution in [3.05, 3.63) is 41.5 Å². The first-order valence-electron chi connectivity index (χ1n) is 8.66. The molecule has 0 aromatic heterocycles. The Morgan fingerprint density at radius 1 is 1.08 bits per heavy atom. The van der Waals surface area contributed by atoms with Gasteiger partial charge in [-0.3, -0.25) is 0 Å². The maximum atomic E-state index is 5.70. The van der Waals surface area contributed by atoms with E-state index < -0.39 is 0 Å². The summed E-state index contributed by atoms with van der Waals surface area (Å²) >= 11 is 0. The molecule has 24 heavy (non-hydrogen) atoms. The highest BCUT2D eigenvalue weighted by molar-refractivity contribution is 5.55. The van der Waals surface area contributed by atoms with Crippen LogP contribution < -0.4 is 9.47 Å². The molecule has 1 atom stereocenters. The van der Waals surface area contributed by atoms with Crippen molar-refractivity contribution in [3.63, 3.8) is 0 Å². The molecule has 0 fully saturated rings. The van der Waals surface area contributed by atoms with Crippen molar-refractivity contribution in [2.45, 2.75) is 40.0 Å². The molecule has 0 aliphatic heterocycles. The molecule has 1 rings (SSSR count). The zero-order valence-electron chi connectivity index (χ0n) is 15.8. The molecule has 0 radical (unpaired) electrons. The monoisotopic (exact) mass is 332 g/mol. The first-order chi connectivity index (χ1) is 11.6. The third-order valence-electron chi connectivity index (χ3n) is 3.90. The van der Waals surface area contributed by atoms with Gasteiger partial charge in [0, 0.05) is 6.61 Å². The molecular weight excluding hydrogens is 300 g/mol. The third-order valence-corrected chi connectivity index (χ3v) is 3.90. The molecule has 0 amide bonds. The number of ether oxygens (including phenoxy) is 3. The Hall–Kier alpha value is -1.74. The minimum absolute atomic E-state index is 0.634. The van der Waals surface area contributed by atoms with Gasteiger partial charge in [-0.05, 0) is 56.7 Å². The Morgan fingerprint density at radius 2 is 1.83 bits per heavy atom. The number of rotatable bonds is 11. The lowest BCUT2D eigenvalue weighted by atomic mass is 10.0. The van der Waals surface area contributed by atoms with E-state index >= 15 is 0 Å². The highest BCUT2D eigenvalue weighted by Gasteiger charge is 2.03. The largest absolute Gasteiger partial charge is 0.493 e. The third kappa shape index (κ3) is 8.21. The van der Waals surface area contributed by atoms with Crippen LogP contribution in [0.2, 0.25) is 0 Å². The van der Waals surface area contributed by atoms with Gasteiger partial charge in [0.25, 0.3) is 0 Å². The quantitative estimate of drug-likeness (QED) is 0.395. The van der Waals surface area contributed by atoms with Crippen LogP contribution in [0.25, 0.3) is 6.08 Å². The number of hydrogen-bond donors (Lipinski definition) is 0. The lowest BCUT2D eigenvalue weighted by Gasteiger charge is -2.10. The topological polar surface area (TPSA) is 27.7 Å². The summed E-state index contributed by atoms with van der Waals surface area (Å²) in [6.45, 7) is 8.04. The molecule has 1 aromatic carbocycles. The number of hydrogen-bond acceptors (Lipinski definition) is 3. The second kappa shape index (κ2) is 11.7. The summed E-state index contributed by atoms with van der Waals surface area (Å²) in [7, 11) is 3.29. The van der Waals surface area contributed by atoms with Crippen LogP contribution >= 0.6 is 0 Å². The number of allylic oxidation sites excluding steroid dienone is 2. The minimum atomic E-state index is 0.634. The van der Waals surface area contributed by atoms with Crippen LogP contribution in [-0.4, -0.2) is 27.4 Å². The van der Waals surface area contributed by atoms with Gasteiger partial charge in [-0.2, -0.15) is 0 Å². The van der Waals surface area contributed by atoms with Crippen LogP contribution in [0.15, 0.2) is 35.9 Å². The second-order valence-corrected chi connectivity index (χ2v) is 6.34. The van der Waals surface area contributed by atoms with Crippen LogP contribution in [0.3, 0.4) is 0 Å². The summed E-state index contributed by atoms with van der Waals surface area (Å²) in [6.07, 6.45) is 9.90. The van der Waals surface area contributed by atoms with Gasteiger partial charge in [0.05, 0.1) is 20.8 Å². The molecule has 0 saturated heterocycles. The van der Waals surface area contributed by atoms with E-state index in [-0.39, 0.29) is 0 Å². The predicted molar refractivity (Wildman–Crippen MR) is 102 cm³/mol. The number of benzene rings is 1. The van der Waals surface area contributed by atoms with Gasteiger partial charge >= 0.3 is 0 Å². The van der Waals surface area contributed by atoms with E-state index in [1.54, 1.807) is 14.2 Å². The summed E-state index contributed by atoms with van der Waals surface area (Å²) in [5, 5.41) is 0. The van der Waals surface area contributed by atoms with Gasteiger partial charge in [0.1, 0.15) is 0 Å². The minimum Gasteiger partial charge on any atom is -0.493 e. The van der Waals surface area contributed by atoms with Crippen LogP contribution in [0, 0.1) is 5.92 Å². The Balaban J connectivity index is 2.25. The van der Waals surface area contributed by atoms with Gasteiger partial charge < -0.3 is 14.2 Å². The Bertz CT molecular complexity index is 528. The maximum absolute atomic E-state index is 5.70. The molecule has 0 aliphatic rings. The van der Waals surface area contributed by atoms with E-state index in [0.717, 1.165) is 30.1 Å². The van der Waals surface area contributed by atoms with E-state index in [0.29, 0.717) is 12.5 Å². The second-order valence-electron chi connectivity index (χ2n) is 6.34. The summed E-state index contributed by atoms with van der Waals surface area (Å²) in [5.74, 6) is 2.19. The van der Waals surface area contributed by atoms with Crippen molar-refractivity contribution in [2.24, 2.45) is 5.92 Å². The molecule has 3 heteroatoms. The molecule has 134 valence electrons. The molecule has 1 aromatic rings. The van der Waals surface area contributed by atoms with Crippen molar-refractivity contribution in [2.75, 3.05) is 27.4 Å². The van der Waals surface area contributed by atoms with E-state index in [9.17, 15) is 0 Å². The fourth-order valence-electron chi connectivity index (χ4n) is 2.38. The molecule has 1 unspecified atom stereocenters. The smallest absolute Gasteiger partial charge is 0.161 e. The Labute approximate surface area is 147 Å². The SMILES string of the molecule is COc1ccc(C=CCOCCC(C)CCC=C(C)C)cc1OC. The molecule has 3 nitrogen and oxygen atoms in total. The van der Waals surface area contributed by atoms with Crippen molar-refractivity contribution >= 4 is 6.08 Å². The van der Waals surface area contributed by atoms with Crippen LogP contribution in [0.1, 0.15) is 45.6 Å². The summed E-state index contributed by atoms with van der Waals surface area (Å²) in [4.78, 5) is 0. The molecule has 0 N–H and O–H groups in total. The average molecular weight is 332 g/mol. The van der Waals surface area contributed by atoms with E-state index in [2.05, 4.69) is 26.8 Å². The molecule has 0 heterocycles. The molecule has 0 spiro atoms. The fraction of sp³-hybridized carbons (Fsp3) is 0.524. The molecule has 0 aliphatic carbocycles. The molecular formula is C21H32O3. The van der Waals surface area contributed by atoms with Gasteiger partial charge in [-0.25, -0.2) is 0 Å². The van der Waals surface area contributed by atoms with Crippen molar-refractivity contribution in [1.82, 2.24) is 0 Å². The highest BCUT2D eigenvalue weighted by Crippen LogP contribution is 2.27. The summed E-state index contributed by atoms with van der Waals surface area (Å²) in [5.41, 5.74) is 2.48. The lowest BCUT2D eigenvalue weighted by Crippen LogP contribution is -2.02. The Kier molecular flexibility index (Phi) is 9.94. The zero-order valence-corrected chi connectivity index (χ0v) is 15.8. The van der Waals surface area contributed by atoms with E-state index in [1.165, 1.54) is 18.4 Å². The zero-order chi connectivity index (χ0) is 17.8. The highest BCUT2D eigenvalue weighted by atomic mass is 16.5. The van der Waals surface area contributed by atoms with Crippen LogP contribution in [0.5, 0.6) is 11.5 Å².